The standard InChI is InChI=1S/C15H19N3O2S/c1-3-20-10-5-6-11-12(9-10)21-14(17-11)18-13(19)15(2)7-4-8-16-15/h5-6,9,16H,3-4,7-8H2,1-2H3,(H,17,18,19). The van der Waals surface area contributed by atoms with Crippen LogP contribution in [-0.4, -0.2) is 29.6 Å². The summed E-state index contributed by atoms with van der Waals surface area (Å²) < 4.78 is 6.50. The Morgan fingerprint density at radius 1 is 1.57 bits per heavy atom. The maximum Gasteiger partial charge on any atom is 0.246 e. The number of thiazole rings is 1. The maximum atomic E-state index is 12.4. The summed E-state index contributed by atoms with van der Waals surface area (Å²) in [6.07, 6.45) is 1.89. The first-order valence-electron chi connectivity index (χ1n) is 7.20. The molecule has 0 aliphatic carbocycles. The Hall–Kier alpha value is -1.66. The smallest absolute Gasteiger partial charge is 0.246 e. The third-order valence-corrected chi connectivity index (χ3v) is 4.69. The predicted molar refractivity (Wildman–Crippen MR) is 85.1 cm³/mol. The number of ether oxygens (including phenoxy) is 1. The largest absolute Gasteiger partial charge is 0.494 e. The minimum Gasteiger partial charge on any atom is -0.494 e. The molecule has 1 aliphatic heterocycles. The van der Waals surface area contributed by atoms with Crippen molar-refractivity contribution in [3.63, 3.8) is 0 Å². The van der Waals surface area contributed by atoms with Crippen molar-refractivity contribution >= 4 is 32.6 Å². The molecule has 1 saturated heterocycles. The third-order valence-electron chi connectivity index (χ3n) is 3.76. The van der Waals surface area contributed by atoms with Gasteiger partial charge in [-0.05, 0) is 51.4 Å². The number of aromatic nitrogens is 1. The molecular weight excluding hydrogens is 286 g/mol. The SMILES string of the molecule is CCOc1ccc2nc(NC(=O)C3(C)CCCN3)sc2c1. The average molecular weight is 305 g/mol. The van der Waals surface area contributed by atoms with Gasteiger partial charge in [0.05, 0.1) is 22.4 Å². The molecule has 1 aromatic heterocycles. The van der Waals surface area contributed by atoms with Crippen molar-refractivity contribution in [3.8, 4) is 5.75 Å². The van der Waals surface area contributed by atoms with Gasteiger partial charge in [0, 0.05) is 0 Å². The van der Waals surface area contributed by atoms with E-state index in [1.165, 1.54) is 11.3 Å². The molecule has 0 radical (unpaired) electrons. The number of carbonyl (C=O) groups excluding carboxylic acids is 1. The highest BCUT2D eigenvalue weighted by molar-refractivity contribution is 7.22. The second-order valence-electron chi connectivity index (χ2n) is 5.40. The minimum atomic E-state index is -0.478. The fourth-order valence-electron chi connectivity index (χ4n) is 2.54. The fourth-order valence-corrected chi connectivity index (χ4v) is 3.43. The third kappa shape index (κ3) is 2.87. The lowest BCUT2D eigenvalue weighted by Crippen LogP contribution is -2.47. The van der Waals surface area contributed by atoms with Crippen LogP contribution in [0.5, 0.6) is 5.75 Å². The van der Waals surface area contributed by atoms with Gasteiger partial charge in [-0.3, -0.25) is 4.79 Å². The van der Waals surface area contributed by atoms with Crippen molar-refractivity contribution < 1.29 is 9.53 Å². The average Bonchev–Trinajstić information content (AvgIpc) is 3.05. The fraction of sp³-hybridized carbons (Fsp3) is 0.467. The molecule has 2 heterocycles. The van der Waals surface area contributed by atoms with E-state index in [1.807, 2.05) is 32.0 Å². The highest BCUT2D eigenvalue weighted by atomic mass is 32.1. The summed E-state index contributed by atoms with van der Waals surface area (Å²) in [5.74, 6) is 0.819. The summed E-state index contributed by atoms with van der Waals surface area (Å²) in [7, 11) is 0. The van der Waals surface area contributed by atoms with Gasteiger partial charge in [-0.2, -0.15) is 0 Å². The van der Waals surface area contributed by atoms with Crippen LogP contribution in [0.1, 0.15) is 26.7 Å². The van der Waals surface area contributed by atoms with E-state index in [4.69, 9.17) is 4.74 Å². The van der Waals surface area contributed by atoms with E-state index in [1.54, 1.807) is 0 Å². The molecule has 3 rings (SSSR count). The Labute approximate surface area is 127 Å². The van der Waals surface area contributed by atoms with Crippen LogP contribution >= 0.6 is 11.3 Å². The Morgan fingerprint density at radius 3 is 3.14 bits per heavy atom. The summed E-state index contributed by atoms with van der Waals surface area (Å²) in [5.41, 5.74) is 0.400. The van der Waals surface area contributed by atoms with E-state index in [0.29, 0.717) is 11.7 Å². The topological polar surface area (TPSA) is 63.2 Å². The molecule has 1 aromatic carbocycles. The molecule has 0 spiro atoms. The van der Waals surface area contributed by atoms with Gasteiger partial charge in [0.1, 0.15) is 5.75 Å². The van der Waals surface area contributed by atoms with Crippen molar-refractivity contribution in [3.05, 3.63) is 18.2 Å². The van der Waals surface area contributed by atoms with Gasteiger partial charge in [-0.1, -0.05) is 11.3 Å². The molecule has 1 amide bonds. The summed E-state index contributed by atoms with van der Waals surface area (Å²) in [6.45, 7) is 5.42. The van der Waals surface area contributed by atoms with E-state index < -0.39 is 5.54 Å². The first-order valence-corrected chi connectivity index (χ1v) is 8.02. The van der Waals surface area contributed by atoms with Gasteiger partial charge < -0.3 is 15.4 Å². The molecule has 5 nitrogen and oxygen atoms in total. The lowest BCUT2D eigenvalue weighted by atomic mass is 10.00. The summed E-state index contributed by atoms with van der Waals surface area (Å²) in [5, 5.41) is 6.83. The monoisotopic (exact) mass is 305 g/mol. The number of fused-ring (bicyclic) bond motifs is 1. The van der Waals surface area contributed by atoms with Gasteiger partial charge in [0.25, 0.3) is 0 Å². The van der Waals surface area contributed by atoms with Crippen LogP contribution in [0.15, 0.2) is 18.2 Å². The first-order chi connectivity index (χ1) is 10.1. The molecule has 21 heavy (non-hydrogen) atoms. The van der Waals surface area contributed by atoms with Crippen molar-refractivity contribution in [2.45, 2.75) is 32.2 Å². The van der Waals surface area contributed by atoms with Crippen LogP contribution in [0.4, 0.5) is 5.13 Å². The number of nitrogens with one attached hydrogen (secondary N) is 2. The number of hydrogen-bond acceptors (Lipinski definition) is 5. The van der Waals surface area contributed by atoms with E-state index in [0.717, 1.165) is 35.4 Å². The minimum absolute atomic E-state index is 0.0101. The lowest BCUT2D eigenvalue weighted by Gasteiger charge is -2.21. The van der Waals surface area contributed by atoms with Gasteiger partial charge in [0.15, 0.2) is 5.13 Å². The highest BCUT2D eigenvalue weighted by Gasteiger charge is 2.36. The molecule has 112 valence electrons. The molecule has 1 fully saturated rings. The number of anilines is 1. The summed E-state index contributed by atoms with van der Waals surface area (Å²) >= 11 is 1.47. The van der Waals surface area contributed by atoms with Crippen LogP contribution in [-0.2, 0) is 4.79 Å². The zero-order valence-electron chi connectivity index (χ0n) is 12.2. The summed E-state index contributed by atoms with van der Waals surface area (Å²) in [6, 6.07) is 5.78. The second kappa shape index (κ2) is 5.61. The Bertz CT molecular complexity index is 662. The molecule has 0 saturated carbocycles. The van der Waals surface area contributed by atoms with Gasteiger partial charge >= 0.3 is 0 Å². The molecule has 1 atom stereocenters. The number of rotatable bonds is 4. The van der Waals surface area contributed by atoms with Gasteiger partial charge in [-0.25, -0.2) is 4.98 Å². The number of amides is 1. The van der Waals surface area contributed by atoms with E-state index in [2.05, 4.69) is 15.6 Å². The number of benzene rings is 1. The van der Waals surface area contributed by atoms with Crippen molar-refractivity contribution in [2.75, 3.05) is 18.5 Å². The highest BCUT2D eigenvalue weighted by Crippen LogP contribution is 2.30. The van der Waals surface area contributed by atoms with E-state index >= 15 is 0 Å². The Kier molecular flexibility index (Phi) is 3.82. The molecule has 0 bridgehead atoms. The van der Waals surface area contributed by atoms with Crippen molar-refractivity contribution in [2.24, 2.45) is 0 Å². The molecule has 2 N–H and O–H groups in total. The van der Waals surface area contributed by atoms with E-state index in [9.17, 15) is 4.79 Å². The molecule has 1 aliphatic rings. The molecular formula is C15H19N3O2S. The zero-order chi connectivity index (χ0) is 14.9. The van der Waals surface area contributed by atoms with Gasteiger partial charge in [0.2, 0.25) is 5.91 Å². The van der Waals surface area contributed by atoms with Crippen LogP contribution in [0.2, 0.25) is 0 Å². The van der Waals surface area contributed by atoms with Crippen LogP contribution < -0.4 is 15.4 Å². The zero-order valence-corrected chi connectivity index (χ0v) is 13.0. The van der Waals surface area contributed by atoms with Crippen molar-refractivity contribution in [1.29, 1.82) is 0 Å². The molecule has 1 unspecified atom stereocenters. The maximum absolute atomic E-state index is 12.4. The summed E-state index contributed by atoms with van der Waals surface area (Å²) in [4.78, 5) is 16.8. The predicted octanol–water partition coefficient (Wildman–Crippen LogP) is 2.78. The Balaban J connectivity index is 1.79. The number of hydrogen-bond donors (Lipinski definition) is 2. The number of nitrogens with zero attached hydrogens (tertiary/aromatic N) is 1. The molecule has 6 heteroatoms. The quantitative estimate of drug-likeness (QED) is 0.912. The van der Waals surface area contributed by atoms with Crippen LogP contribution in [0, 0.1) is 0 Å². The van der Waals surface area contributed by atoms with E-state index in [-0.39, 0.29) is 5.91 Å². The van der Waals surface area contributed by atoms with Gasteiger partial charge in [-0.15, -0.1) is 0 Å². The first kappa shape index (κ1) is 14.3. The van der Waals surface area contributed by atoms with Crippen molar-refractivity contribution in [1.82, 2.24) is 10.3 Å². The lowest BCUT2D eigenvalue weighted by molar-refractivity contribution is -0.121. The van der Waals surface area contributed by atoms with Crippen LogP contribution in [0.25, 0.3) is 10.2 Å². The Morgan fingerprint density at radius 2 is 2.43 bits per heavy atom. The molecule has 2 aromatic rings. The second-order valence-corrected chi connectivity index (χ2v) is 6.43. The van der Waals surface area contributed by atoms with Crippen LogP contribution in [0.3, 0.4) is 0 Å². The number of carbonyl (C=O) groups is 1. The normalized spacial score (nSPS) is 21.6.